The van der Waals surface area contributed by atoms with Gasteiger partial charge in [0.1, 0.15) is 17.6 Å². The number of fused-ring (bicyclic) bond motifs is 2. The van der Waals surface area contributed by atoms with E-state index in [1.807, 2.05) is 0 Å². The highest BCUT2D eigenvalue weighted by Gasteiger charge is 2.51. The van der Waals surface area contributed by atoms with Gasteiger partial charge in [0.25, 0.3) is 5.91 Å². The van der Waals surface area contributed by atoms with Crippen LogP contribution < -0.4 is 20.1 Å². The average Bonchev–Trinajstić information content (AvgIpc) is 3.52. The van der Waals surface area contributed by atoms with Crippen LogP contribution in [0.1, 0.15) is 87.1 Å². The van der Waals surface area contributed by atoms with E-state index in [-0.39, 0.29) is 69.9 Å². The molecule has 2 amide bonds. The van der Waals surface area contributed by atoms with E-state index in [0.717, 1.165) is 32.1 Å². The standard InChI is InChI=1S/C30H39N3O6/c1-30(10-3-11-30)16-32-28(35)25-18-4-5-19(12-18)26(25)33-27(34)22-14-23(20(15-31)13-24(22)38-2)39-21-8-6-17(7-9-21)29(36)37/h13-14,17-19,21,25-26H,3-12,16H2,1-2H3,(H,32,35)(H,33,34)(H,36,37). The van der Waals surface area contributed by atoms with Crippen LogP contribution in [0.2, 0.25) is 0 Å². The quantitative estimate of drug-likeness (QED) is 0.432. The fourth-order valence-electron chi connectivity index (χ4n) is 7.18. The highest BCUT2D eigenvalue weighted by Crippen LogP contribution is 2.49. The minimum atomic E-state index is -0.792. The normalized spacial score (nSPS) is 30.5. The lowest BCUT2D eigenvalue weighted by Gasteiger charge is -2.39. The van der Waals surface area contributed by atoms with Crippen molar-refractivity contribution in [2.45, 2.75) is 83.3 Å². The number of carboxylic acid groups (broad SMARTS) is 1. The lowest BCUT2D eigenvalue weighted by atomic mass is 9.70. The summed E-state index contributed by atoms with van der Waals surface area (Å²) in [5.41, 5.74) is 0.700. The molecule has 0 spiro atoms. The molecule has 39 heavy (non-hydrogen) atoms. The number of hydrogen-bond donors (Lipinski definition) is 3. The summed E-state index contributed by atoms with van der Waals surface area (Å²) in [4.78, 5) is 38.2. The van der Waals surface area contributed by atoms with Crippen molar-refractivity contribution < 1.29 is 29.0 Å². The maximum Gasteiger partial charge on any atom is 0.306 e. The van der Waals surface area contributed by atoms with Gasteiger partial charge in [-0.25, -0.2) is 0 Å². The summed E-state index contributed by atoms with van der Waals surface area (Å²) >= 11 is 0. The Bertz CT molecular complexity index is 1160. The molecule has 4 aliphatic rings. The Labute approximate surface area is 229 Å². The van der Waals surface area contributed by atoms with Crippen LogP contribution >= 0.6 is 0 Å². The van der Waals surface area contributed by atoms with Crippen molar-refractivity contribution in [3.8, 4) is 17.6 Å². The second-order valence-electron chi connectivity index (χ2n) is 12.3. The fraction of sp³-hybridized carbons (Fsp3) is 0.667. The summed E-state index contributed by atoms with van der Waals surface area (Å²) in [6, 6.07) is 4.94. The first-order valence-corrected chi connectivity index (χ1v) is 14.3. The number of nitrogens with zero attached hydrogens (tertiary/aromatic N) is 1. The molecule has 2 bridgehead atoms. The van der Waals surface area contributed by atoms with E-state index in [9.17, 15) is 24.8 Å². The molecule has 4 fully saturated rings. The van der Waals surface area contributed by atoms with Crippen LogP contribution in [-0.2, 0) is 9.59 Å². The van der Waals surface area contributed by atoms with Gasteiger partial charge in [-0.05, 0) is 81.1 Å². The zero-order valence-corrected chi connectivity index (χ0v) is 22.8. The highest BCUT2D eigenvalue weighted by molar-refractivity contribution is 5.98. The lowest BCUT2D eigenvalue weighted by molar-refractivity contribution is -0.143. The first kappa shape index (κ1) is 27.3. The highest BCUT2D eigenvalue weighted by atomic mass is 16.5. The number of aliphatic carboxylic acids is 1. The molecule has 0 saturated heterocycles. The number of carboxylic acids is 1. The summed E-state index contributed by atoms with van der Waals surface area (Å²) in [6.07, 6.45) is 8.35. The number of carbonyl (C=O) groups excluding carboxylic acids is 2. The average molecular weight is 538 g/mol. The molecule has 9 nitrogen and oxygen atoms in total. The van der Waals surface area contributed by atoms with E-state index in [1.54, 1.807) is 6.07 Å². The predicted octanol–water partition coefficient (Wildman–Crippen LogP) is 4.04. The van der Waals surface area contributed by atoms with Gasteiger partial charge in [-0.3, -0.25) is 14.4 Å². The third-order valence-electron chi connectivity index (χ3n) is 9.75. The van der Waals surface area contributed by atoms with Gasteiger partial charge < -0.3 is 25.2 Å². The molecular weight excluding hydrogens is 498 g/mol. The van der Waals surface area contributed by atoms with Crippen LogP contribution in [0, 0.1) is 40.4 Å². The molecule has 9 heteroatoms. The van der Waals surface area contributed by atoms with Gasteiger partial charge in [0.15, 0.2) is 0 Å². The predicted molar refractivity (Wildman–Crippen MR) is 142 cm³/mol. The molecule has 0 aliphatic heterocycles. The Hall–Kier alpha value is -3.28. The molecule has 0 radical (unpaired) electrons. The maximum absolute atomic E-state index is 13.6. The largest absolute Gasteiger partial charge is 0.496 e. The van der Waals surface area contributed by atoms with Gasteiger partial charge >= 0.3 is 5.97 Å². The van der Waals surface area contributed by atoms with Crippen LogP contribution in [0.5, 0.6) is 11.5 Å². The number of carbonyl (C=O) groups is 3. The summed E-state index contributed by atoms with van der Waals surface area (Å²) < 4.78 is 11.6. The van der Waals surface area contributed by atoms with Gasteiger partial charge in [0.2, 0.25) is 5.91 Å². The summed E-state index contributed by atoms with van der Waals surface area (Å²) in [6.45, 7) is 2.89. The molecule has 210 valence electrons. The van der Waals surface area contributed by atoms with Crippen molar-refractivity contribution in [3.63, 3.8) is 0 Å². The number of rotatable bonds is 9. The van der Waals surface area contributed by atoms with Gasteiger partial charge in [0.05, 0.1) is 36.2 Å². The Balaban J connectivity index is 1.31. The smallest absolute Gasteiger partial charge is 0.306 e. The Morgan fingerprint density at radius 3 is 2.41 bits per heavy atom. The molecular formula is C30H39N3O6. The molecule has 4 atom stereocenters. The number of ether oxygens (including phenoxy) is 2. The van der Waals surface area contributed by atoms with E-state index in [2.05, 4.69) is 23.6 Å². The van der Waals surface area contributed by atoms with Gasteiger partial charge in [-0.1, -0.05) is 13.3 Å². The minimum absolute atomic E-state index is 0.0356. The van der Waals surface area contributed by atoms with Crippen molar-refractivity contribution in [1.82, 2.24) is 10.6 Å². The lowest BCUT2D eigenvalue weighted by Crippen LogP contribution is -2.51. The topological polar surface area (TPSA) is 138 Å². The Morgan fingerprint density at radius 2 is 1.79 bits per heavy atom. The molecule has 4 aliphatic carbocycles. The summed E-state index contributed by atoms with van der Waals surface area (Å²) in [5.74, 6) is -0.631. The SMILES string of the molecule is COc1cc(C#N)c(OC2CCC(C(=O)O)CC2)cc1C(=O)NC1C2CCC(C2)C1C(=O)NCC1(C)CCC1. The molecule has 0 aromatic heterocycles. The van der Waals surface area contributed by atoms with Crippen LogP contribution in [0.25, 0.3) is 0 Å². The van der Waals surface area contributed by atoms with Crippen LogP contribution in [0.4, 0.5) is 0 Å². The van der Waals surface area contributed by atoms with E-state index >= 15 is 0 Å². The summed E-state index contributed by atoms with van der Waals surface area (Å²) in [5, 5.41) is 25.4. The zero-order valence-electron chi connectivity index (χ0n) is 22.8. The van der Waals surface area contributed by atoms with Crippen molar-refractivity contribution >= 4 is 17.8 Å². The van der Waals surface area contributed by atoms with Crippen molar-refractivity contribution in [2.75, 3.05) is 13.7 Å². The monoisotopic (exact) mass is 537 g/mol. The summed E-state index contributed by atoms with van der Waals surface area (Å²) in [7, 11) is 1.45. The second kappa shape index (κ2) is 11.1. The third-order valence-corrected chi connectivity index (χ3v) is 9.75. The van der Waals surface area contributed by atoms with Crippen molar-refractivity contribution in [2.24, 2.45) is 29.1 Å². The number of benzene rings is 1. The van der Waals surface area contributed by atoms with Gasteiger partial charge in [-0.2, -0.15) is 5.26 Å². The van der Waals surface area contributed by atoms with E-state index in [4.69, 9.17) is 9.47 Å². The van der Waals surface area contributed by atoms with Crippen LogP contribution in [-0.4, -0.2) is 48.7 Å². The fourth-order valence-corrected chi connectivity index (χ4v) is 7.18. The Kier molecular flexibility index (Phi) is 7.75. The van der Waals surface area contributed by atoms with Gasteiger partial charge in [-0.15, -0.1) is 0 Å². The molecule has 0 heterocycles. The minimum Gasteiger partial charge on any atom is -0.496 e. The number of hydrogen-bond acceptors (Lipinski definition) is 6. The Morgan fingerprint density at radius 1 is 1.08 bits per heavy atom. The molecule has 1 aromatic carbocycles. The van der Waals surface area contributed by atoms with Crippen molar-refractivity contribution in [1.29, 1.82) is 5.26 Å². The van der Waals surface area contributed by atoms with Crippen LogP contribution in [0.3, 0.4) is 0 Å². The maximum atomic E-state index is 13.6. The number of nitrogens with one attached hydrogen (secondary N) is 2. The van der Waals surface area contributed by atoms with E-state index in [0.29, 0.717) is 38.0 Å². The molecule has 4 unspecified atom stereocenters. The molecule has 1 aromatic rings. The van der Waals surface area contributed by atoms with Crippen LogP contribution in [0.15, 0.2) is 12.1 Å². The zero-order chi connectivity index (χ0) is 27.7. The number of amides is 2. The molecule has 5 rings (SSSR count). The van der Waals surface area contributed by atoms with Gasteiger partial charge in [0, 0.05) is 18.7 Å². The second-order valence-corrected chi connectivity index (χ2v) is 12.3. The molecule has 3 N–H and O–H groups in total. The third kappa shape index (κ3) is 5.57. The number of methoxy groups -OCH3 is 1. The van der Waals surface area contributed by atoms with E-state index in [1.165, 1.54) is 19.6 Å². The first-order chi connectivity index (χ1) is 18.7. The van der Waals surface area contributed by atoms with E-state index < -0.39 is 5.97 Å². The number of nitriles is 1. The molecule has 4 saturated carbocycles. The van der Waals surface area contributed by atoms with Crippen molar-refractivity contribution in [3.05, 3.63) is 23.3 Å². The first-order valence-electron chi connectivity index (χ1n) is 14.3.